The highest BCUT2D eigenvalue weighted by molar-refractivity contribution is 6.34. The van der Waals surface area contributed by atoms with Gasteiger partial charge in [-0.1, -0.05) is 43.2 Å². The summed E-state index contributed by atoms with van der Waals surface area (Å²) in [4.78, 5) is 2.20. The van der Waals surface area contributed by atoms with Crippen LogP contribution in [-0.4, -0.2) is 11.7 Å². The van der Waals surface area contributed by atoms with E-state index in [0.29, 0.717) is 10.8 Å². The predicted molar refractivity (Wildman–Crippen MR) is 85.1 cm³/mol. The monoisotopic (exact) mass is 287 g/mol. The minimum Gasteiger partial charge on any atom is -0.507 e. The Morgan fingerprint density at radius 1 is 1.35 bits per heavy atom. The number of nitrogens with zero attached hydrogens (tertiary/aromatic N) is 1. The largest absolute Gasteiger partial charge is 0.507 e. The minimum absolute atomic E-state index is 0.383. The molecule has 0 aliphatic carbocycles. The van der Waals surface area contributed by atoms with Crippen molar-refractivity contribution in [2.45, 2.75) is 26.2 Å². The van der Waals surface area contributed by atoms with Crippen molar-refractivity contribution in [1.82, 2.24) is 0 Å². The molecule has 20 heavy (non-hydrogen) atoms. The number of aliphatic hydroxyl groups excluding tert-OH is 1. The molecule has 0 bridgehead atoms. The average Bonchev–Trinajstić information content (AvgIpc) is 2.47. The second-order valence-corrected chi connectivity index (χ2v) is 5.56. The molecule has 0 radical (unpaired) electrons. The fourth-order valence-corrected chi connectivity index (χ4v) is 3.13. The van der Waals surface area contributed by atoms with Gasteiger partial charge in [-0.25, -0.2) is 0 Å². The number of aliphatic hydroxyl groups is 1. The lowest BCUT2D eigenvalue weighted by atomic mass is 9.92. The summed E-state index contributed by atoms with van der Waals surface area (Å²) in [7, 11) is 0. The molecule has 1 aromatic carbocycles. The summed E-state index contributed by atoms with van der Waals surface area (Å²) in [5.41, 5.74) is 3.88. The standard InChI is InChI=1S/C17H18ClNO/c1-2-3-7-12-15-10-4-5-11-19(15)16-13(17(12)20)8-6-9-14(16)18/h4-6,8-10,20H,2-3,7,11H2,1H3. The molecule has 1 N–H and O–H groups in total. The normalized spacial score (nSPS) is 16.9. The van der Waals surface area contributed by atoms with Gasteiger partial charge in [0.25, 0.3) is 0 Å². The van der Waals surface area contributed by atoms with E-state index in [0.717, 1.165) is 48.3 Å². The van der Waals surface area contributed by atoms with E-state index in [1.54, 1.807) is 0 Å². The Morgan fingerprint density at radius 2 is 2.20 bits per heavy atom. The molecule has 2 heterocycles. The molecule has 2 aliphatic rings. The van der Waals surface area contributed by atoms with E-state index < -0.39 is 0 Å². The van der Waals surface area contributed by atoms with Crippen LogP contribution in [0.1, 0.15) is 31.7 Å². The van der Waals surface area contributed by atoms with Crippen LogP contribution in [0.4, 0.5) is 5.69 Å². The number of hydrogen-bond donors (Lipinski definition) is 1. The first-order valence-electron chi connectivity index (χ1n) is 7.09. The summed E-state index contributed by atoms with van der Waals surface area (Å²) in [6, 6.07) is 5.71. The molecule has 0 saturated heterocycles. The highest BCUT2D eigenvalue weighted by Gasteiger charge is 2.30. The van der Waals surface area contributed by atoms with E-state index in [1.807, 2.05) is 24.3 Å². The molecule has 0 saturated carbocycles. The van der Waals surface area contributed by atoms with Gasteiger partial charge >= 0.3 is 0 Å². The summed E-state index contributed by atoms with van der Waals surface area (Å²) in [6.07, 6.45) is 9.30. The first-order valence-corrected chi connectivity index (χ1v) is 7.47. The van der Waals surface area contributed by atoms with Gasteiger partial charge in [0.2, 0.25) is 0 Å². The number of allylic oxidation sites excluding steroid dienone is 3. The van der Waals surface area contributed by atoms with Crippen LogP contribution in [0.15, 0.2) is 47.7 Å². The van der Waals surface area contributed by atoms with Gasteiger partial charge in [0.1, 0.15) is 5.76 Å². The summed E-state index contributed by atoms with van der Waals surface area (Å²) in [5.74, 6) is 0.383. The molecule has 3 heteroatoms. The number of rotatable bonds is 3. The SMILES string of the molecule is CCCCC1=C(O)c2cccc(Cl)c2N2CC=CC=C12. The van der Waals surface area contributed by atoms with Gasteiger partial charge in [-0.2, -0.15) is 0 Å². The molecule has 0 fully saturated rings. The molecular formula is C17H18ClNO. The zero-order valence-electron chi connectivity index (χ0n) is 11.6. The van der Waals surface area contributed by atoms with Crippen molar-refractivity contribution < 1.29 is 5.11 Å². The first-order chi connectivity index (χ1) is 9.74. The first kappa shape index (κ1) is 13.3. The molecule has 0 amide bonds. The van der Waals surface area contributed by atoms with Crippen molar-refractivity contribution >= 4 is 23.0 Å². The van der Waals surface area contributed by atoms with Crippen LogP contribution in [-0.2, 0) is 0 Å². The quantitative estimate of drug-likeness (QED) is 0.838. The smallest absolute Gasteiger partial charge is 0.130 e. The van der Waals surface area contributed by atoms with Gasteiger partial charge in [0.15, 0.2) is 0 Å². The third kappa shape index (κ3) is 2.04. The Hall–Kier alpha value is -1.67. The van der Waals surface area contributed by atoms with Crippen molar-refractivity contribution in [3.63, 3.8) is 0 Å². The lowest BCUT2D eigenvalue weighted by molar-refractivity contribution is 0.501. The van der Waals surface area contributed by atoms with Gasteiger partial charge < -0.3 is 10.0 Å². The maximum absolute atomic E-state index is 10.6. The molecule has 3 rings (SSSR count). The van der Waals surface area contributed by atoms with E-state index >= 15 is 0 Å². The number of unbranched alkanes of at least 4 members (excludes halogenated alkanes) is 1. The Bertz CT molecular complexity index is 628. The Morgan fingerprint density at radius 3 is 3.00 bits per heavy atom. The Labute approximate surface area is 124 Å². The summed E-state index contributed by atoms with van der Waals surface area (Å²) >= 11 is 6.35. The van der Waals surface area contributed by atoms with Crippen LogP contribution < -0.4 is 4.90 Å². The lowest BCUT2D eigenvalue weighted by Crippen LogP contribution is -2.30. The van der Waals surface area contributed by atoms with E-state index in [1.165, 1.54) is 0 Å². The number of benzene rings is 1. The van der Waals surface area contributed by atoms with Gasteiger partial charge in [0.05, 0.1) is 10.7 Å². The highest BCUT2D eigenvalue weighted by Crippen LogP contribution is 2.44. The van der Waals surface area contributed by atoms with Crippen LogP contribution in [0.25, 0.3) is 5.76 Å². The predicted octanol–water partition coefficient (Wildman–Crippen LogP) is 5.07. The molecule has 0 atom stereocenters. The summed E-state index contributed by atoms with van der Waals surface area (Å²) in [5, 5.41) is 11.3. The molecule has 2 nitrogen and oxygen atoms in total. The van der Waals surface area contributed by atoms with Crippen molar-refractivity contribution in [1.29, 1.82) is 0 Å². The van der Waals surface area contributed by atoms with Crippen molar-refractivity contribution in [2.75, 3.05) is 11.4 Å². The zero-order chi connectivity index (χ0) is 14.1. The highest BCUT2D eigenvalue weighted by atomic mass is 35.5. The fraction of sp³-hybridized carbons (Fsp3) is 0.294. The molecule has 104 valence electrons. The van der Waals surface area contributed by atoms with Crippen LogP contribution in [0.3, 0.4) is 0 Å². The summed E-state index contributed by atoms with van der Waals surface area (Å²) in [6.45, 7) is 2.96. The van der Waals surface area contributed by atoms with E-state index in [-0.39, 0.29) is 0 Å². The summed E-state index contributed by atoms with van der Waals surface area (Å²) < 4.78 is 0. The number of anilines is 1. The molecule has 0 aromatic heterocycles. The van der Waals surface area contributed by atoms with Gasteiger partial charge in [-0.3, -0.25) is 0 Å². The van der Waals surface area contributed by atoms with Crippen molar-refractivity contribution in [2.24, 2.45) is 0 Å². The zero-order valence-corrected chi connectivity index (χ0v) is 12.3. The molecule has 2 aliphatic heterocycles. The number of para-hydroxylation sites is 1. The van der Waals surface area contributed by atoms with Gasteiger partial charge in [0, 0.05) is 23.4 Å². The molecule has 1 aromatic rings. The van der Waals surface area contributed by atoms with Gasteiger partial charge in [-0.15, -0.1) is 0 Å². The van der Waals surface area contributed by atoms with Crippen LogP contribution in [0.5, 0.6) is 0 Å². The molecule has 0 spiro atoms. The third-order valence-corrected chi connectivity index (χ3v) is 4.16. The second kappa shape index (κ2) is 5.37. The molecule has 0 unspecified atom stereocenters. The lowest BCUT2D eigenvalue weighted by Gasteiger charge is -2.36. The molecular weight excluding hydrogens is 270 g/mol. The van der Waals surface area contributed by atoms with Gasteiger partial charge in [-0.05, 0) is 31.1 Å². The number of hydrogen-bond acceptors (Lipinski definition) is 2. The number of fused-ring (bicyclic) bond motifs is 3. The Kier molecular flexibility index (Phi) is 3.58. The van der Waals surface area contributed by atoms with E-state index in [9.17, 15) is 5.11 Å². The average molecular weight is 288 g/mol. The van der Waals surface area contributed by atoms with Crippen LogP contribution >= 0.6 is 11.6 Å². The number of halogens is 1. The maximum Gasteiger partial charge on any atom is 0.130 e. The fourth-order valence-electron chi connectivity index (χ4n) is 2.85. The minimum atomic E-state index is 0.383. The second-order valence-electron chi connectivity index (χ2n) is 5.16. The maximum atomic E-state index is 10.6. The third-order valence-electron chi connectivity index (χ3n) is 3.86. The van der Waals surface area contributed by atoms with Crippen molar-refractivity contribution in [3.05, 3.63) is 58.3 Å². The van der Waals surface area contributed by atoms with Crippen molar-refractivity contribution in [3.8, 4) is 0 Å². The Balaban J connectivity index is 2.18. The topological polar surface area (TPSA) is 23.5 Å². The van der Waals surface area contributed by atoms with Crippen LogP contribution in [0.2, 0.25) is 5.02 Å². The van der Waals surface area contributed by atoms with E-state index in [2.05, 4.69) is 24.0 Å². The van der Waals surface area contributed by atoms with E-state index in [4.69, 9.17) is 11.6 Å². The van der Waals surface area contributed by atoms with Crippen LogP contribution in [0, 0.1) is 0 Å².